The molecule has 0 saturated heterocycles. The van der Waals surface area contributed by atoms with Crippen LogP contribution in [0.5, 0.6) is 11.5 Å². The first-order valence-electron chi connectivity index (χ1n) is 6.77. The molecule has 0 fully saturated rings. The van der Waals surface area contributed by atoms with Gasteiger partial charge in [-0.15, -0.1) is 0 Å². The lowest BCUT2D eigenvalue weighted by molar-refractivity contribution is 0.0644. The van der Waals surface area contributed by atoms with E-state index in [1.54, 1.807) is 7.11 Å². The van der Waals surface area contributed by atoms with Gasteiger partial charge in [0.25, 0.3) is 0 Å². The van der Waals surface area contributed by atoms with E-state index < -0.39 is 6.10 Å². The summed E-state index contributed by atoms with van der Waals surface area (Å²) >= 11 is 0. The van der Waals surface area contributed by atoms with Crippen LogP contribution in [-0.4, -0.2) is 12.2 Å². The molecular formula is C17H18O3. The van der Waals surface area contributed by atoms with Gasteiger partial charge in [-0.1, -0.05) is 29.8 Å². The fourth-order valence-corrected chi connectivity index (χ4v) is 2.69. The summed E-state index contributed by atoms with van der Waals surface area (Å²) in [6.07, 6.45) is -0.151. The quantitative estimate of drug-likeness (QED) is 0.906. The molecule has 0 radical (unpaired) electrons. The summed E-state index contributed by atoms with van der Waals surface area (Å²) in [5, 5.41) is 10.4. The molecule has 0 saturated carbocycles. The van der Waals surface area contributed by atoms with E-state index in [1.165, 1.54) is 0 Å². The fraction of sp³-hybridized carbons (Fsp3) is 0.294. The number of rotatable bonds is 2. The smallest absolute Gasteiger partial charge is 0.130 e. The zero-order valence-electron chi connectivity index (χ0n) is 11.7. The van der Waals surface area contributed by atoms with Gasteiger partial charge in [0.1, 0.15) is 17.6 Å². The molecule has 2 aromatic rings. The Bertz CT molecular complexity index is 621. The van der Waals surface area contributed by atoms with Crippen LogP contribution in [0, 0.1) is 6.92 Å². The average molecular weight is 270 g/mol. The van der Waals surface area contributed by atoms with Gasteiger partial charge >= 0.3 is 0 Å². The lowest BCUT2D eigenvalue weighted by Gasteiger charge is -2.30. The van der Waals surface area contributed by atoms with E-state index in [-0.39, 0.29) is 6.10 Å². The maximum atomic E-state index is 10.4. The minimum Gasteiger partial charge on any atom is -0.496 e. The number of aryl methyl sites for hydroxylation is 1. The summed E-state index contributed by atoms with van der Waals surface area (Å²) in [6.45, 7) is 2.01. The second kappa shape index (κ2) is 5.17. The topological polar surface area (TPSA) is 38.7 Å². The second-order valence-electron chi connectivity index (χ2n) is 5.14. The highest BCUT2D eigenvalue weighted by Crippen LogP contribution is 2.43. The van der Waals surface area contributed by atoms with E-state index in [2.05, 4.69) is 0 Å². The van der Waals surface area contributed by atoms with Crippen molar-refractivity contribution in [1.82, 2.24) is 0 Å². The molecule has 1 aliphatic heterocycles. The Hall–Kier alpha value is -2.00. The third-order valence-corrected chi connectivity index (χ3v) is 3.72. The predicted molar refractivity (Wildman–Crippen MR) is 77.1 cm³/mol. The summed E-state index contributed by atoms with van der Waals surface area (Å²) in [5.41, 5.74) is 2.97. The van der Waals surface area contributed by atoms with Gasteiger partial charge in [0, 0.05) is 17.5 Å². The lowest BCUT2D eigenvalue weighted by atomic mass is 9.93. The third kappa shape index (κ3) is 2.25. The van der Waals surface area contributed by atoms with Crippen LogP contribution < -0.4 is 9.47 Å². The Morgan fingerprint density at radius 2 is 1.95 bits per heavy atom. The van der Waals surface area contributed by atoms with E-state index in [4.69, 9.17) is 9.47 Å². The molecule has 0 aromatic heterocycles. The molecule has 1 N–H and O–H groups in total. The van der Waals surface area contributed by atoms with Crippen LogP contribution >= 0.6 is 0 Å². The van der Waals surface area contributed by atoms with Crippen molar-refractivity contribution >= 4 is 0 Å². The Kier molecular flexibility index (Phi) is 3.36. The molecule has 20 heavy (non-hydrogen) atoms. The standard InChI is InChI=1S/C17H18O3/c1-11-7-8-16-13(9-11)14(18)10-17(20-16)12-5-3-4-6-15(12)19-2/h3-9,14,17-18H,10H2,1-2H3. The van der Waals surface area contributed by atoms with Gasteiger partial charge in [-0.25, -0.2) is 0 Å². The highest BCUT2D eigenvalue weighted by Gasteiger charge is 2.29. The van der Waals surface area contributed by atoms with Crippen molar-refractivity contribution in [3.63, 3.8) is 0 Å². The summed E-state index contributed by atoms with van der Waals surface area (Å²) in [5.74, 6) is 1.55. The van der Waals surface area contributed by atoms with E-state index in [0.29, 0.717) is 6.42 Å². The molecule has 2 atom stereocenters. The zero-order valence-corrected chi connectivity index (χ0v) is 11.7. The molecule has 104 valence electrons. The Balaban J connectivity index is 1.97. The van der Waals surface area contributed by atoms with Crippen molar-refractivity contribution in [3.8, 4) is 11.5 Å². The largest absolute Gasteiger partial charge is 0.496 e. The predicted octanol–water partition coefficient (Wildman–Crippen LogP) is 3.56. The molecule has 0 bridgehead atoms. The van der Waals surface area contributed by atoms with Crippen molar-refractivity contribution in [1.29, 1.82) is 0 Å². The maximum absolute atomic E-state index is 10.4. The molecule has 0 spiro atoms. The molecule has 1 aliphatic rings. The van der Waals surface area contributed by atoms with E-state index in [0.717, 1.165) is 28.2 Å². The van der Waals surface area contributed by atoms with Crippen LogP contribution in [0.1, 0.15) is 35.3 Å². The number of hydrogen-bond donors (Lipinski definition) is 1. The van der Waals surface area contributed by atoms with Gasteiger partial charge in [0.05, 0.1) is 13.2 Å². The van der Waals surface area contributed by atoms with Gasteiger partial charge in [0.15, 0.2) is 0 Å². The summed E-state index contributed by atoms with van der Waals surface area (Å²) in [7, 11) is 1.65. The number of ether oxygens (including phenoxy) is 2. The number of fused-ring (bicyclic) bond motifs is 1. The van der Waals surface area contributed by atoms with Gasteiger partial charge in [-0.3, -0.25) is 0 Å². The van der Waals surface area contributed by atoms with Gasteiger partial charge in [-0.2, -0.15) is 0 Å². The van der Waals surface area contributed by atoms with Gasteiger partial charge in [-0.05, 0) is 25.1 Å². The highest BCUT2D eigenvalue weighted by atomic mass is 16.5. The minimum atomic E-state index is -0.506. The van der Waals surface area contributed by atoms with E-state index in [1.807, 2.05) is 49.4 Å². The van der Waals surface area contributed by atoms with E-state index in [9.17, 15) is 5.11 Å². The average Bonchev–Trinajstić information content (AvgIpc) is 2.47. The molecule has 3 nitrogen and oxygen atoms in total. The van der Waals surface area contributed by atoms with Gasteiger partial charge in [0.2, 0.25) is 0 Å². The summed E-state index contributed by atoms with van der Waals surface area (Å²) in [6, 6.07) is 13.7. The molecule has 0 aliphatic carbocycles. The van der Waals surface area contributed by atoms with Crippen molar-refractivity contribution in [3.05, 3.63) is 59.2 Å². The van der Waals surface area contributed by atoms with Crippen LogP contribution in [0.2, 0.25) is 0 Å². The Morgan fingerprint density at radius 1 is 1.15 bits per heavy atom. The molecule has 0 amide bonds. The second-order valence-corrected chi connectivity index (χ2v) is 5.14. The van der Waals surface area contributed by atoms with Crippen LogP contribution in [0.4, 0.5) is 0 Å². The van der Waals surface area contributed by atoms with Crippen molar-refractivity contribution < 1.29 is 14.6 Å². The first-order chi connectivity index (χ1) is 9.69. The van der Waals surface area contributed by atoms with Crippen LogP contribution in [0.25, 0.3) is 0 Å². The zero-order chi connectivity index (χ0) is 14.1. The summed E-state index contributed by atoms with van der Waals surface area (Å²) in [4.78, 5) is 0. The molecular weight excluding hydrogens is 252 g/mol. The third-order valence-electron chi connectivity index (χ3n) is 3.72. The molecule has 1 heterocycles. The number of methoxy groups -OCH3 is 1. The number of aliphatic hydroxyl groups is 1. The number of aliphatic hydroxyl groups excluding tert-OH is 1. The van der Waals surface area contributed by atoms with Crippen LogP contribution in [0.3, 0.4) is 0 Å². The number of benzene rings is 2. The monoisotopic (exact) mass is 270 g/mol. The number of para-hydroxylation sites is 1. The SMILES string of the molecule is COc1ccccc1C1CC(O)c2cc(C)ccc2O1. The molecule has 2 unspecified atom stereocenters. The lowest BCUT2D eigenvalue weighted by Crippen LogP contribution is -2.19. The van der Waals surface area contributed by atoms with E-state index >= 15 is 0 Å². The summed E-state index contributed by atoms with van der Waals surface area (Å²) < 4.78 is 11.4. The first-order valence-corrected chi connectivity index (χ1v) is 6.77. The fourth-order valence-electron chi connectivity index (χ4n) is 2.69. The highest BCUT2D eigenvalue weighted by molar-refractivity contribution is 5.43. The van der Waals surface area contributed by atoms with Crippen LogP contribution in [0.15, 0.2) is 42.5 Å². The van der Waals surface area contributed by atoms with Crippen molar-refractivity contribution in [2.75, 3.05) is 7.11 Å². The van der Waals surface area contributed by atoms with Crippen LogP contribution in [-0.2, 0) is 0 Å². The normalized spacial score (nSPS) is 20.9. The Labute approximate surface area is 118 Å². The van der Waals surface area contributed by atoms with Gasteiger partial charge < -0.3 is 14.6 Å². The Morgan fingerprint density at radius 3 is 2.75 bits per heavy atom. The molecule has 3 heteroatoms. The van der Waals surface area contributed by atoms with Crippen molar-refractivity contribution in [2.24, 2.45) is 0 Å². The maximum Gasteiger partial charge on any atom is 0.130 e. The molecule has 3 rings (SSSR count). The van der Waals surface area contributed by atoms with Crippen molar-refractivity contribution in [2.45, 2.75) is 25.6 Å². The first kappa shape index (κ1) is 13.0. The molecule has 2 aromatic carbocycles. The minimum absolute atomic E-state index is 0.184. The number of hydrogen-bond acceptors (Lipinski definition) is 3.